The molecule has 1 heterocycles. The minimum Gasteiger partial charge on any atom is -0.316 e. The molecule has 25 heavy (non-hydrogen) atoms. The van der Waals surface area contributed by atoms with Crippen molar-refractivity contribution in [3.63, 3.8) is 0 Å². The zero-order valence-electron chi connectivity index (χ0n) is 12.8. The van der Waals surface area contributed by atoms with Crippen molar-refractivity contribution in [1.82, 2.24) is 9.55 Å². The Morgan fingerprint density at radius 1 is 1.32 bits per heavy atom. The molecule has 0 saturated heterocycles. The summed E-state index contributed by atoms with van der Waals surface area (Å²) in [4.78, 5) is 36.4. The first-order valence-corrected chi connectivity index (χ1v) is 8.61. The molecule has 0 bridgehead atoms. The van der Waals surface area contributed by atoms with Gasteiger partial charge in [-0.1, -0.05) is 12.1 Å². The predicted octanol–water partition coefficient (Wildman–Crippen LogP) is 0.419. The first kappa shape index (κ1) is 16.8. The number of aromatic nitrogens is 2. The molecule has 0 fully saturated rings. The summed E-state index contributed by atoms with van der Waals surface area (Å²) in [7, 11) is -4.26. The van der Waals surface area contributed by atoms with E-state index in [9.17, 15) is 28.1 Å². The van der Waals surface area contributed by atoms with E-state index in [4.69, 9.17) is 5.14 Å². The molecule has 1 aromatic heterocycles. The van der Waals surface area contributed by atoms with Crippen LogP contribution >= 0.6 is 0 Å². The van der Waals surface area contributed by atoms with Gasteiger partial charge in [0.05, 0.1) is 26.2 Å². The minimum atomic E-state index is -4.26. The van der Waals surface area contributed by atoms with Crippen molar-refractivity contribution in [2.45, 2.75) is 18.4 Å². The zero-order chi connectivity index (χ0) is 18.5. The van der Waals surface area contributed by atoms with Crippen LogP contribution in [0.15, 0.2) is 38.8 Å². The molecule has 3 aromatic rings. The van der Waals surface area contributed by atoms with Gasteiger partial charge in [0.15, 0.2) is 0 Å². The SMILES string of the molecule is CCn1c(=O)c(=O)[nH]c2cc([N+](=O)[O-])c3c(S(N)(=O)=O)cccc3c21. The molecule has 3 N–H and O–H groups in total. The van der Waals surface area contributed by atoms with E-state index in [1.807, 2.05) is 0 Å². The maximum Gasteiger partial charge on any atom is 0.316 e. The monoisotopic (exact) mass is 364 g/mol. The van der Waals surface area contributed by atoms with E-state index in [1.54, 1.807) is 6.92 Å². The summed E-state index contributed by atoms with van der Waals surface area (Å²) < 4.78 is 24.9. The number of H-pyrrole nitrogens is 1. The number of benzene rings is 2. The summed E-state index contributed by atoms with van der Waals surface area (Å²) in [5, 5.41) is 16.6. The molecular weight excluding hydrogens is 352 g/mol. The normalized spacial score (nSPS) is 11.9. The summed E-state index contributed by atoms with van der Waals surface area (Å²) in [6.07, 6.45) is 0. The summed E-state index contributed by atoms with van der Waals surface area (Å²) in [5.74, 6) is 0. The van der Waals surface area contributed by atoms with Gasteiger partial charge < -0.3 is 9.55 Å². The number of nitrogens with zero attached hydrogens (tertiary/aromatic N) is 2. The number of nitrogens with two attached hydrogens (primary N) is 1. The van der Waals surface area contributed by atoms with Crippen molar-refractivity contribution in [1.29, 1.82) is 0 Å². The summed E-state index contributed by atoms with van der Waals surface area (Å²) in [6.45, 7) is 1.74. The van der Waals surface area contributed by atoms with Gasteiger partial charge in [-0.25, -0.2) is 13.6 Å². The average Bonchev–Trinajstić information content (AvgIpc) is 2.53. The highest BCUT2D eigenvalue weighted by atomic mass is 32.2. The van der Waals surface area contributed by atoms with Crippen molar-refractivity contribution >= 4 is 37.5 Å². The molecule has 0 aliphatic carbocycles. The van der Waals surface area contributed by atoms with Crippen molar-refractivity contribution < 1.29 is 13.3 Å². The summed E-state index contributed by atoms with van der Waals surface area (Å²) in [5.41, 5.74) is -2.06. The number of hydrogen-bond donors (Lipinski definition) is 2. The molecule has 0 radical (unpaired) electrons. The van der Waals surface area contributed by atoms with E-state index in [1.165, 1.54) is 12.1 Å². The molecule has 0 aliphatic heterocycles. The second kappa shape index (κ2) is 5.50. The largest absolute Gasteiger partial charge is 0.316 e. The molecule has 0 aliphatic rings. The number of non-ortho nitro benzene ring substituents is 1. The van der Waals surface area contributed by atoms with Crippen molar-refractivity contribution in [3.8, 4) is 0 Å². The Balaban J connectivity index is 2.77. The molecule has 2 aromatic carbocycles. The van der Waals surface area contributed by atoms with Crippen LogP contribution in [0.3, 0.4) is 0 Å². The molecule has 0 saturated carbocycles. The van der Waals surface area contributed by atoms with Crippen molar-refractivity contribution in [2.75, 3.05) is 0 Å². The lowest BCUT2D eigenvalue weighted by Crippen LogP contribution is -2.36. The third-order valence-corrected chi connectivity index (χ3v) is 4.80. The fourth-order valence-corrected chi connectivity index (χ4v) is 3.65. The standard InChI is InChI=1S/C14H12N4O6S/c1-2-17-12-7-4-3-5-10(25(15,23)24)11(7)9(18(21)22)6-8(12)16-13(19)14(17)20/h3-6H,2H2,1H3,(H,16,19)(H2,15,23,24). The molecule has 11 heteroatoms. The van der Waals surface area contributed by atoms with Crippen LogP contribution in [0.25, 0.3) is 21.8 Å². The zero-order valence-corrected chi connectivity index (χ0v) is 13.7. The van der Waals surface area contributed by atoms with Crippen molar-refractivity contribution in [2.24, 2.45) is 5.14 Å². The smallest absolute Gasteiger partial charge is 0.316 e. The Morgan fingerprint density at radius 3 is 2.56 bits per heavy atom. The number of nitrogens with one attached hydrogen (secondary N) is 1. The first-order valence-electron chi connectivity index (χ1n) is 7.06. The van der Waals surface area contributed by atoms with Gasteiger partial charge in [0.2, 0.25) is 10.0 Å². The van der Waals surface area contributed by atoms with Gasteiger partial charge in [-0.3, -0.25) is 19.7 Å². The second-order valence-electron chi connectivity index (χ2n) is 5.28. The number of aromatic amines is 1. The molecular formula is C14H12N4O6S. The van der Waals surface area contributed by atoms with Crippen LogP contribution in [-0.2, 0) is 16.6 Å². The Labute approximate surface area is 139 Å². The molecule has 0 unspecified atom stereocenters. The van der Waals surface area contributed by atoms with Gasteiger partial charge in [-0.05, 0) is 13.0 Å². The summed E-state index contributed by atoms with van der Waals surface area (Å²) >= 11 is 0. The van der Waals surface area contributed by atoms with E-state index in [0.29, 0.717) is 0 Å². The third kappa shape index (κ3) is 2.49. The highest BCUT2D eigenvalue weighted by Crippen LogP contribution is 2.35. The Bertz CT molecular complexity index is 1270. The van der Waals surface area contributed by atoms with Crippen LogP contribution in [0, 0.1) is 10.1 Å². The minimum absolute atomic E-state index is 0.0530. The third-order valence-electron chi connectivity index (χ3n) is 3.85. The molecule has 130 valence electrons. The fraction of sp³-hybridized carbons (Fsp3) is 0.143. The first-order chi connectivity index (χ1) is 11.7. The molecule has 0 spiro atoms. The number of sulfonamides is 1. The lowest BCUT2D eigenvalue weighted by Gasteiger charge is -2.12. The number of primary sulfonamides is 1. The predicted molar refractivity (Wildman–Crippen MR) is 90.0 cm³/mol. The molecule has 10 nitrogen and oxygen atoms in total. The maximum absolute atomic E-state index is 12.1. The highest BCUT2D eigenvalue weighted by Gasteiger charge is 2.25. The fourth-order valence-electron chi connectivity index (χ4n) is 2.88. The van der Waals surface area contributed by atoms with Crippen LogP contribution in [0.5, 0.6) is 0 Å². The number of hydrogen-bond acceptors (Lipinski definition) is 6. The van der Waals surface area contributed by atoms with E-state index >= 15 is 0 Å². The number of rotatable bonds is 3. The summed E-state index contributed by atoms with van der Waals surface area (Å²) in [6, 6.07) is 4.97. The topological polar surface area (TPSA) is 158 Å². The van der Waals surface area contributed by atoms with Gasteiger partial charge >= 0.3 is 11.1 Å². The van der Waals surface area contributed by atoms with E-state index < -0.39 is 36.6 Å². The van der Waals surface area contributed by atoms with Crippen molar-refractivity contribution in [3.05, 3.63) is 55.1 Å². The quantitative estimate of drug-likeness (QED) is 0.296. The maximum atomic E-state index is 12.1. The lowest BCUT2D eigenvalue weighted by atomic mass is 10.1. The average molecular weight is 364 g/mol. The van der Waals surface area contributed by atoms with Gasteiger partial charge in [0, 0.05) is 18.0 Å². The van der Waals surface area contributed by atoms with E-state index in [0.717, 1.165) is 16.7 Å². The van der Waals surface area contributed by atoms with Gasteiger partial charge in [0.1, 0.15) is 0 Å². The van der Waals surface area contributed by atoms with Crippen LogP contribution in [-0.4, -0.2) is 22.9 Å². The van der Waals surface area contributed by atoms with Crippen LogP contribution in [0.1, 0.15) is 6.92 Å². The van der Waals surface area contributed by atoms with Gasteiger partial charge in [0.25, 0.3) is 5.69 Å². The van der Waals surface area contributed by atoms with Crippen LogP contribution in [0.4, 0.5) is 5.69 Å². The molecule has 3 rings (SSSR count). The second-order valence-corrected chi connectivity index (χ2v) is 6.81. The number of nitro groups is 1. The number of fused-ring (bicyclic) bond motifs is 3. The Morgan fingerprint density at radius 2 is 2.00 bits per heavy atom. The number of nitro benzene ring substituents is 1. The van der Waals surface area contributed by atoms with Gasteiger partial charge in [-0.15, -0.1) is 0 Å². The Kier molecular flexibility index (Phi) is 3.69. The van der Waals surface area contributed by atoms with Crippen LogP contribution in [0.2, 0.25) is 0 Å². The van der Waals surface area contributed by atoms with E-state index in [-0.39, 0.29) is 28.4 Å². The molecule has 0 amide bonds. The van der Waals surface area contributed by atoms with Crippen LogP contribution < -0.4 is 16.3 Å². The lowest BCUT2D eigenvalue weighted by molar-refractivity contribution is -0.383. The Hall–Kier alpha value is -3.05. The van der Waals surface area contributed by atoms with Gasteiger partial charge in [-0.2, -0.15) is 0 Å². The molecule has 0 atom stereocenters. The van der Waals surface area contributed by atoms with E-state index in [2.05, 4.69) is 4.98 Å². The number of aryl methyl sites for hydroxylation is 1. The highest BCUT2D eigenvalue weighted by molar-refractivity contribution is 7.89.